The smallest absolute Gasteiger partial charge is 0.343 e. The van der Waals surface area contributed by atoms with E-state index in [0.717, 1.165) is 23.3 Å². The Morgan fingerprint density at radius 2 is 1.17 bits per heavy atom. The number of carbonyl (C=O) groups excluding carboxylic acids is 2. The van der Waals surface area contributed by atoms with E-state index in [2.05, 4.69) is 38.8 Å². The fourth-order valence-corrected chi connectivity index (χ4v) is 4.60. The molecule has 0 aliphatic rings. The van der Waals surface area contributed by atoms with Crippen LogP contribution in [0.25, 0.3) is 11.1 Å². The molecule has 5 aromatic rings. The van der Waals surface area contributed by atoms with Gasteiger partial charge in [-0.25, -0.2) is 14.0 Å². The fourth-order valence-electron chi connectivity index (χ4n) is 4.60. The average Bonchev–Trinajstić information content (AvgIpc) is 3.20. The second-order valence-electron chi connectivity index (χ2n) is 12.1. The minimum Gasteiger partial charge on any atom is -0.497 e. The molecular formula is C46H47FO7. The first-order valence-electron chi connectivity index (χ1n) is 17.5. The maximum absolute atomic E-state index is 14.2. The first-order valence-corrected chi connectivity index (χ1v) is 17.5. The SMILES string of the molecule is C=C.CC#Cc1ccc(C(=O)Oc2ccc(-c3ccc(OC(C)C)c(F)c3)cc2)cc1.CCC(C)COc1ccc(OC(=O)c2ccc(OC)cc2)cc1. The van der Waals surface area contributed by atoms with Crippen molar-refractivity contribution in [1.29, 1.82) is 0 Å². The zero-order valence-electron chi connectivity index (χ0n) is 31.7. The monoisotopic (exact) mass is 730 g/mol. The lowest BCUT2D eigenvalue weighted by molar-refractivity contribution is 0.0725. The number of halogens is 1. The standard InChI is InChI=1S/C25H21FO3.C19H22O4.C2H4/c1-4-5-18-6-8-20(9-7-18)25(27)29-22-13-10-19(11-14-22)21-12-15-24(23(26)16-21)28-17(2)3;1-4-14(2)13-22-17-9-11-18(12-10-17)23-19(20)15-5-7-16(21-3)8-6-15;1-2/h6-17H,1-3H3;5-12,14H,4,13H2,1-3H3;1-2H2. The normalized spacial score (nSPS) is 10.5. The van der Waals surface area contributed by atoms with Gasteiger partial charge in [0.2, 0.25) is 0 Å². The van der Waals surface area contributed by atoms with Gasteiger partial charge in [0.05, 0.1) is 30.9 Å². The largest absolute Gasteiger partial charge is 0.497 e. The highest BCUT2D eigenvalue weighted by atomic mass is 19.1. The second kappa shape index (κ2) is 21.9. The Labute approximate surface area is 318 Å². The van der Waals surface area contributed by atoms with Gasteiger partial charge in [-0.2, -0.15) is 0 Å². The first kappa shape index (κ1) is 42.1. The van der Waals surface area contributed by atoms with Crippen molar-refractivity contribution in [2.24, 2.45) is 5.92 Å². The molecule has 0 heterocycles. The Bertz CT molecular complexity index is 1970. The Morgan fingerprint density at radius 3 is 1.65 bits per heavy atom. The van der Waals surface area contributed by atoms with Gasteiger partial charge in [-0.3, -0.25) is 0 Å². The molecule has 0 saturated heterocycles. The minimum atomic E-state index is -0.449. The molecule has 280 valence electrons. The second-order valence-corrected chi connectivity index (χ2v) is 12.1. The van der Waals surface area contributed by atoms with E-state index in [1.807, 2.05) is 13.8 Å². The number of ether oxygens (including phenoxy) is 5. The molecule has 0 N–H and O–H groups in total. The summed E-state index contributed by atoms with van der Waals surface area (Å²) in [6.45, 7) is 16.4. The quantitative estimate of drug-likeness (QED) is 0.0547. The highest BCUT2D eigenvalue weighted by molar-refractivity contribution is 5.91. The molecule has 0 radical (unpaired) electrons. The van der Waals surface area contributed by atoms with Crippen LogP contribution in [0.2, 0.25) is 0 Å². The van der Waals surface area contributed by atoms with Gasteiger partial charge in [0.15, 0.2) is 11.6 Å². The van der Waals surface area contributed by atoms with Crippen LogP contribution >= 0.6 is 0 Å². The van der Waals surface area contributed by atoms with Crippen LogP contribution in [0, 0.1) is 23.6 Å². The van der Waals surface area contributed by atoms with Crippen molar-refractivity contribution < 1.29 is 37.7 Å². The molecule has 54 heavy (non-hydrogen) atoms. The summed E-state index contributed by atoms with van der Waals surface area (Å²) in [6, 6.07) is 32.5. The van der Waals surface area contributed by atoms with Gasteiger partial charge in [0.1, 0.15) is 23.0 Å². The van der Waals surface area contributed by atoms with Gasteiger partial charge >= 0.3 is 11.9 Å². The molecule has 1 unspecified atom stereocenters. The lowest BCUT2D eigenvalue weighted by atomic mass is 10.1. The van der Waals surface area contributed by atoms with E-state index in [1.54, 1.807) is 123 Å². The molecule has 0 amide bonds. The third-order valence-corrected chi connectivity index (χ3v) is 7.67. The van der Waals surface area contributed by atoms with Crippen molar-refractivity contribution in [2.75, 3.05) is 13.7 Å². The summed E-state index contributed by atoms with van der Waals surface area (Å²) in [6.07, 6.45) is 0.984. The molecular weight excluding hydrogens is 683 g/mol. The molecule has 0 saturated carbocycles. The van der Waals surface area contributed by atoms with E-state index in [-0.39, 0.29) is 11.9 Å². The van der Waals surface area contributed by atoms with Crippen molar-refractivity contribution in [2.45, 2.75) is 47.1 Å². The molecule has 0 bridgehead atoms. The number of methoxy groups -OCH3 is 1. The van der Waals surface area contributed by atoms with Crippen LogP contribution in [0.5, 0.6) is 28.7 Å². The number of esters is 2. The Hall–Kier alpha value is -6.33. The zero-order chi connectivity index (χ0) is 39.5. The molecule has 8 heteroatoms. The van der Waals surface area contributed by atoms with Crippen molar-refractivity contribution in [3.05, 3.63) is 151 Å². The molecule has 5 aromatic carbocycles. The van der Waals surface area contributed by atoms with Crippen LogP contribution in [-0.2, 0) is 0 Å². The van der Waals surface area contributed by atoms with Crippen LogP contribution < -0.4 is 23.7 Å². The summed E-state index contributed by atoms with van der Waals surface area (Å²) in [4.78, 5) is 24.3. The van der Waals surface area contributed by atoms with Crippen molar-refractivity contribution in [1.82, 2.24) is 0 Å². The van der Waals surface area contributed by atoms with Crippen molar-refractivity contribution in [3.63, 3.8) is 0 Å². The highest BCUT2D eigenvalue weighted by Crippen LogP contribution is 2.28. The number of rotatable bonds is 12. The van der Waals surface area contributed by atoms with Crippen LogP contribution in [-0.4, -0.2) is 31.8 Å². The predicted molar refractivity (Wildman–Crippen MR) is 212 cm³/mol. The third kappa shape index (κ3) is 13.3. The van der Waals surface area contributed by atoms with Crippen LogP contribution in [0.3, 0.4) is 0 Å². The molecule has 7 nitrogen and oxygen atoms in total. The van der Waals surface area contributed by atoms with Gasteiger partial charge in [0, 0.05) is 5.56 Å². The van der Waals surface area contributed by atoms with E-state index in [9.17, 15) is 14.0 Å². The topological polar surface area (TPSA) is 80.3 Å². The Kier molecular flexibility index (Phi) is 17.1. The lowest BCUT2D eigenvalue weighted by Gasteiger charge is -2.12. The molecule has 1 atom stereocenters. The molecule has 0 spiro atoms. The summed E-state index contributed by atoms with van der Waals surface area (Å²) in [5.74, 6) is 7.58. The van der Waals surface area contributed by atoms with E-state index in [4.69, 9.17) is 23.7 Å². The molecule has 0 aliphatic heterocycles. The minimum absolute atomic E-state index is 0.0971. The summed E-state index contributed by atoms with van der Waals surface area (Å²) in [5, 5.41) is 0. The number of hydrogen-bond acceptors (Lipinski definition) is 7. The predicted octanol–water partition coefficient (Wildman–Crippen LogP) is 11.0. The van der Waals surface area contributed by atoms with E-state index in [0.29, 0.717) is 46.5 Å². The number of benzene rings is 5. The highest BCUT2D eigenvalue weighted by Gasteiger charge is 2.12. The maximum atomic E-state index is 14.2. The molecule has 5 rings (SSSR count). The van der Waals surface area contributed by atoms with Crippen LogP contribution in [0.15, 0.2) is 128 Å². The number of hydrogen-bond donors (Lipinski definition) is 0. The van der Waals surface area contributed by atoms with Gasteiger partial charge in [0.25, 0.3) is 0 Å². The molecule has 0 aromatic heterocycles. The zero-order valence-corrected chi connectivity index (χ0v) is 31.7. The summed E-state index contributed by atoms with van der Waals surface area (Å²) in [7, 11) is 1.58. The maximum Gasteiger partial charge on any atom is 0.343 e. The van der Waals surface area contributed by atoms with Gasteiger partial charge in [-0.15, -0.1) is 19.1 Å². The van der Waals surface area contributed by atoms with E-state index in [1.165, 1.54) is 6.07 Å². The Morgan fingerprint density at radius 1 is 0.685 bits per heavy atom. The van der Waals surface area contributed by atoms with Crippen LogP contribution in [0.1, 0.15) is 67.3 Å². The number of carbonyl (C=O) groups is 2. The average molecular weight is 731 g/mol. The van der Waals surface area contributed by atoms with Gasteiger partial charge < -0.3 is 23.7 Å². The molecule has 0 aliphatic carbocycles. The third-order valence-electron chi connectivity index (χ3n) is 7.67. The van der Waals surface area contributed by atoms with Crippen molar-refractivity contribution in [3.8, 4) is 51.7 Å². The summed E-state index contributed by atoms with van der Waals surface area (Å²) in [5.41, 5.74) is 3.28. The van der Waals surface area contributed by atoms with Crippen molar-refractivity contribution >= 4 is 11.9 Å². The first-order chi connectivity index (χ1) is 26.1. The van der Waals surface area contributed by atoms with E-state index >= 15 is 0 Å². The fraction of sp³-hybridized carbons (Fsp3) is 0.217. The Balaban J connectivity index is 0.000000285. The molecule has 0 fully saturated rings. The summed E-state index contributed by atoms with van der Waals surface area (Å²) >= 11 is 0. The van der Waals surface area contributed by atoms with Crippen LogP contribution in [0.4, 0.5) is 4.39 Å². The lowest BCUT2D eigenvalue weighted by Crippen LogP contribution is -2.09. The van der Waals surface area contributed by atoms with E-state index < -0.39 is 17.8 Å². The van der Waals surface area contributed by atoms with Gasteiger partial charge in [-0.1, -0.05) is 44.4 Å². The van der Waals surface area contributed by atoms with Gasteiger partial charge in [-0.05, 0) is 135 Å². The summed E-state index contributed by atoms with van der Waals surface area (Å²) < 4.78 is 41.1.